The van der Waals surface area contributed by atoms with Crippen LogP contribution in [0.1, 0.15) is 33.3 Å². The maximum Gasteiger partial charge on any atom is -0.00878 e. The summed E-state index contributed by atoms with van der Waals surface area (Å²) >= 11 is 0. The lowest BCUT2D eigenvalue weighted by atomic mass is 9.93. The molecule has 0 atom stereocenters. The molecule has 0 amide bonds. The monoisotopic (exact) mass is 670 g/mol. The van der Waals surface area contributed by atoms with Crippen LogP contribution in [0.4, 0.5) is 0 Å². The molecule has 0 N–H and O–H groups in total. The fraction of sp³-hybridized carbons (Fsp3) is 0.0769. The number of hydrogen-bond donors (Lipinski definition) is 0. The Morgan fingerprint density at radius 1 is 0.596 bits per heavy atom. The van der Waals surface area contributed by atoms with Crippen molar-refractivity contribution in [1.82, 2.24) is 0 Å². The first-order valence-corrected chi connectivity index (χ1v) is 17.6. The van der Waals surface area contributed by atoms with Crippen LogP contribution in [-0.4, -0.2) is 0 Å². The Morgan fingerprint density at radius 2 is 1.29 bits per heavy atom. The summed E-state index contributed by atoms with van der Waals surface area (Å²) < 4.78 is 0. The molecule has 0 saturated carbocycles. The molecule has 0 aliphatic heterocycles. The minimum Gasteiger partial charge on any atom is -0.0984 e. The summed E-state index contributed by atoms with van der Waals surface area (Å²) in [6, 6.07) is 41.1. The van der Waals surface area contributed by atoms with Crippen molar-refractivity contribution in [1.29, 1.82) is 0 Å². The zero-order valence-corrected chi connectivity index (χ0v) is 29.5. The number of rotatable bonds is 8. The highest BCUT2D eigenvalue weighted by Crippen LogP contribution is 2.34. The van der Waals surface area contributed by atoms with Gasteiger partial charge in [-0.2, -0.15) is 0 Å². The lowest BCUT2D eigenvalue weighted by molar-refractivity contribution is 1.32. The molecule has 254 valence electrons. The predicted molar refractivity (Wildman–Crippen MR) is 232 cm³/mol. The third-order valence-corrected chi connectivity index (χ3v) is 9.99. The minimum atomic E-state index is 0. The molecule has 0 saturated heterocycles. The van der Waals surface area contributed by atoms with Gasteiger partial charge >= 0.3 is 0 Å². The fourth-order valence-electron chi connectivity index (χ4n) is 6.96. The molecule has 7 rings (SSSR count). The van der Waals surface area contributed by atoms with E-state index in [4.69, 9.17) is 0 Å². The van der Waals surface area contributed by atoms with Crippen molar-refractivity contribution in [2.45, 2.75) is 27.7 Å². The van der Waals surface area contributed by atoms with Gasteiger partial charge in [0, 0.05) is 0 Å². The highest BCUT2D eigenvalue weighted by molar-refractivity contribution is 6.14. The van der Waals surface area contributed by atoms with Crippen molar-refractivity contribution >= 4 is 62.2 Å². The summed E-state index contributed by atoms with van der Waals surface area (Å²) in [5.74, 6) is 0. The van der Waals surface area contributed by atoms with Crippen molar-refractivity contribution in [3.8, 4) is 0 Å². The van der Waals surface area contributed by atoms with Gasteiger partial charge in [0.1, 0.15) is 0 Å². The average molecular weight is 671 g/mol. The van der Waals surface area contributed by atoms with E-state index in [0.29, 0.717) is 0 Å². The van der Waals surface area contributed by atoms with E-state index in [2.05, 4.69) is 185 Å². The molecule has 1 aliphatic carbocycles. The van der Waals surface area contributed by atoms with Crippen molar-refractivity contribution in [2.24, 2.45) is 0 Å². The third kappa shape index (κ3) is 7.29. The summed E-state index contributed by atoms with van der Waals surface area (Å²) in [5, 5.41) is 12.1. The van der Waals surface area contributed by atoms with Gasteiger partial charge in [-0.3, -0.25) is 0 Å². The number of hydrogen-bond acceptors (Lipinski definition) is 0. The first-order valence-electron chi connectivity index (χ1n) is 17.6. The highest BCUT2D eigenvalue weighted by atomic mass is 14.1. The van der Waals surface area contributed by atoms with E-state index in [1.165, 1.54) is 65.0 Å². The van der Waals surface area contributed by atoms with Crippen LogP contribution in [0.2, 0.25) is 0 Å². The average Bonchev–Trinajstić information content (AvgIpc) is 3.17. The Labute approximate surface area is 308 Å². The van der Waals surface area contributed by atoms with Gasteiger partial charge in [-0.1, -0.05) is 185 Å². The molecule has 0 nitrogen and oxygen atoms in total. The molecule has 0 radical (unpaired) electrons. The topological polar surface area (TPSA) is 0 Å². The van der Waals surface area contributed by atoms with Crippen LogP contribution >= 0.6 is 0 Å². The van der Waals surface area contributed by atoms with E-state index in [1.807, 2.05) is 18.2 Å². The molecule has 0 spiro atoms. The Kier molecular flexibility index (Phi) is 10.8. The maximum absolute atomic E-state index is 4.36. The van der Waals surface area contributed by atoms with E-state index < -0.39 is 0 Å². The molecule has 0 heterocycles. The van der Waals surface area contributed by atoms with Crippen LogP contribution < -0.4 is 20.9 Å². The van der Waals surface area contributed by atoms with Gasteiger partial charge in [0.2, 0.25) is 0 Å². The molecular formula is C52H46. The van der Waals surface area contributed by atoms with Gasteiger partial charge in [0.25, 0.3) is 0 Å². The quantitative estimate of drug-likeness (QED) is 0.0859. The summed E-state index contributed by atoms with van der Waals surface area (Å²) in [7, 11) is 0. The second kappa shape index (κ2) is 15.8. The van der Waals surface area contributed by atoms with E-state index in [9.17, 15) is 0 Å². The number of fused-ring (bicyclic) bond motifs is 5. The van der Waals surface area contributed by atoms with Crippen molar-refractivity contribution in [2.75, 3.05) is 0 Å². The Hall–Kier alpha value is -6.24. The smallest absolute Gasteiger partial charge is 0.00878 e. The van der Waals surface area contributed by atoms with Crippen LogP contribution in [0, 0.1) is 0 Å². The van der Waals surface area contributed by atoms with E-state index in [0.717, 1.165) is 33.6 Å². The molecule has 6 aromatic rings. The van der Waals surface area contributed by atoms with Crippen molar-refractivity contribution in [3.63, 3.8) is 0 Å². The SMILES string of the molecule is C.C=CC(=C\C=C(C)\C(C)=C\C=C(/C=C)c1cccc2c1ccc1cc3ccccc3cc12)/C(/C=C1/C=c2ccccc2=CC1)=c1\ccccc1=C. The molecule has 6 aromatic carbocycles. The zero-order valence-electron chi connectivity index (χ0n) is 29.5. The first kappa shape index (κ1) is 35.6. The Balaban J connectivity index is 0.00000464. The molecule has 0 heteroatoms. The summed E-state index contributed by atoms with van der Waals surface area (Å²) in [6.45, 7) is 17.1. The van der Waals surface area contributed by atoms with Gasteiger partial charge in [-0.25, -0.2) is 0 Å². The van der Waals surface area contributed by atoms with Gasteiger partial charge in [0.15, 0.2) is 0 Å². The number of benzene rings is 6. The molecular weight excluding hydrogens is 625 g/mol. The summed E-state index contributed by atoms with van der Waals surface area (Å²) in [4.78, 5) is 0. The molecule has 0 bridgehead atoms. The zero-order chi connectivity index (χ0) is 35.3. The molecule has 0 aromatic heterocycles. The van der Waals surface area contributed by atoms with E-state index in [-0.39, 0.29) is 7.43 Å². The molecule has 0 unspecified atom stereocenters. The lowest BCUT2D eigenvalue weighted by Crippen LogP contribution is -2.27. The lowest BCUT2D eigenvalue weighted by Gasteiger charge is -2.11. The van der Waals surface area contributed by atoms with Crippen LogP contribution in [0.3, 0.4) is 0 Å². The second-order valence-electron chi connectivity index (χ2n) is 13.2. The molecule has 52 heavy (non-hydrogen) atoms. The predicted octanol–water partition coefficient (Wildman–Crippen LogP) is 11.2. The summed E-state index contributed by atoms with van der Waals surface area (Å²) in [5.41, 5.74) is 8.04. The first-order chi connectivity index (χ1) is 24.9. The second-order valence-corrected chi connectivity index (χ2v) is 13.2. The standard InChI is InChI=1S/C51H42.CH4/c1-6-39(47-21-14-22-48-49(47)30-29-45-33-43-18-11-12-19-44(43)34-51(45)48)26-23-35(3)36(4)24-27-40(7-2)50(46-20-13-8-15-37(46)5)32-38-25-28-41-16-9-10-17-42(41)31-38;/h6-24,26-34H,1-2,5,25H2,3-4H3;1H4/b35-23+,36-24+,38-32+,39-26+,40-27+,50-46+;. The summed E-state index contributed by atoms with van der Waals surface area (Å²) in [6.07, 6.45) is 20.4. The normalized spacial score (nSPS) is 15.1. The van der Waals surface area contributed by atoms with Crippen molar-refractivity contribution in [3.05, 3.63) is 220 Å². The minimum absolute atomic E-state index is 0. The fourth-order valence-corrected chi connectivity index (χ4v) is 6.96. The largest absolute Gasteiger partial charge is 0.0984 e. The van der Waals surface area contributed by atoms with Gasteiger partial charge in [-0.05, 0) is 125 Å². The van der Waals surface area contributed by atoms with Crippen LogP contribution in [0.15, 0.2) is 193 Å². The van der Waals surface area contributed by atoms with Gasteiger partial charge < -0.3 is 0 Å². The van der Waals surface area contributed by atoms with E-state index >= 15 is 0 Å². The Morgan fingerprint density at radius 3 is 2.04 bits per heavy atom. The molecule has 0 fully saturated rings. The van der Waals surface area contributed by atoms with Crippen molar-refractivity contribution < 1.29 is 0 Å². The van der Waals surface area contributed by atoms with Gasteiger partial charge in [-0.15, -0.1) is 0 Å². The number of allylic oxidation sites excluding steroid dienone is 12. The highest BCUT2D eigenvalue weighted by Gasteiger charge is 2.09. The van der Waals surface area contributed by atoms with Crippen LogP contribution in [0.25, 0.3) is 62.2 Å². The maximum atomic E-state index is 4.36. The van der Waals surface area contributed by atoms with Crippen LogP contribution in [-0.2, 0) is 0 Å². The Bertz CT molecular complexity index is 2770. The van der Waals surface area contributed by atoms with Gasteiger partial charge in [0.05, 0.1) is 0 Å². The third-order valence-electron chi connectivity index (χ3n) is 9.99. The van der Waals surface area contributed by atoms with E-state index in [1.54, 1.807) is 0 Å². The molecule has 1 aliphatic rings. The van der Waals surface area contributed by atoms with Crippen LogP contribution in [0.5, 0.6) is 0 Å².